The molecule has 0 N–H and O–H groups in total. The Balaban J connectivity index is 2.28. The number of hydrogen-bond donors (Lipinski definition) is 0. The Morgan fingerprint density at radius 1 is 1.64 bits per heavy atom. The number of ether oxygens (including phenoxy) is 1. The number of aromatic nitrogens is 2. The van der Waals surface area contributed by atoms with Gasteiger partial charge in [0.25, 0.3) is 0 Å². The van der Waals surface area contributed by atoms with Crippen molar-refractivity contribution in [3.63, 3.8) is 0 Å². The van der Waals surface area contributed by atoms with Gasteiger partial charge in [-0.15, -0.1) is 5.10 Å². The van der Waals surface area contributed by atoms with Crippen LogP contribution in [-0.2, 0) is 4.74 Å². The molecule has 1 aromatic rings. The van der Waals surface area contributed by atoms with E-state index in [9.17, 15) is 0 Å². The summed E-state index contributed by atoms with van der Waals surface area (Å²) < 4.78 is 5.13. The Labute approximate surface area is 70.2 Å². The normalized spacial score (nSPS) is 9.91. The fraction of sp³-hybridized carbons (Fsp3) is 0.429. The lowest BCUT2D eigenvalue weighted by atomic mass is 10.6. The van der Waals surface area contributed by atoms with Crippen LogP contribution in [0.25, 0.3) is 0 Å². The van der Waals surface area contributed by atoms with Crippen molar-refractivity contribution in [1.82, 2.24) is 10.2 Å². The third-order valence-electron chi connectivity index (χ3n) is 1.04. The summed E-state index contributed by atoms with van der Waals surface area (Å²) in [6, 6.07) is 3.78. The smallest absolute Gasteiger partial charge is 0.121 e. The highest BCUT2D eigenvalue weighted by Gasteiger charge is 1.92. The summed E-state index contributed by atoms with van der Waals surface area (Å²) in [5.74, 6) is 0.648. The minimum Gasteiger partial charge on any atom is -0.371 e. The van der Waals surface area contributed by atoms with Gasteiger partial charge in [0.2, 0.25) is 0 Å². The van der Waals surface area contributed by atoms with Crippen molar-refractivity contribution in [2.45, 2.75) is 11.9 Å². The van der Waals surface area contributed by atoms with Crippen LogP contribution in [0.5, 0.6) is 0 Å². The van der Waals surface area contributed by atoms with Crippen LogP contribution in [0, 0.1) is 0 Å². The van der Waals surface area contributed by atoms with E-state index in [1.54, 1.807) is 18.0 Å². The molecular weight excluding hydrogens is 160 g/mol. The molecule has 0 unspecified atom stereocenters. The fourth-order valence-corrected chi connectivity index (χ4v) is 1.20. The van der Waals surface area contributed by atoms with Crippen molar-refractivity contribution in [2.24, 2.45) is 0 Å². The molecule has 0 radical (unpaired) electrons. The molecule has 0 aliphatic rings. The first-order valence-corrected chi connectivity index (χ1v) is 4.40. The van der Waals surface area contributed by atoms with Crippen molar-refractivity contribution in [3.8, 4) is 0 Å². The van der Waals surface area contributed by atoms with Crippen LogP contribution in [0.15, 0.2) is 23.4 Å². The monoisotopic (exact) mass is 170 g/mol. The van der Waals surface area contributed by atoms with Crippen LogP contribution in [0.4, 0.5) is 0 Å². The van der Waals surface area contributed by atoms with Gasteiger partial charge >= 0.3 is 0 Å². The summed E-state index contributed by atoms with van der Waals surface area (Å²) in [4.78, 5) is 0. The lowest BCUT2D eigenvalue weighted by Crippen LogP contribution is -1.89. The lowest BCUT2D eigenvalue weighted by molar-refractivity contribution is 0.199. The summed E-state index contributed by atoms with van der Waals surface area (Å²) in [7, 11) is 0. The maximum absolute atomic E-state index is 5.13. The molecule has 4 heteroatoms. The molecule has 0 aromatic carbocycles. The molecule has 1 heterocycles. The molecule has 11 heavy (non-hydrogen) atoms. The molecule has 1 rings (SSSR count). The molecule has 3 nitrogen and oxygen atoms in total. The molecule has 0 saturated heterocycles. The zero-order valence-corrected chi connectivity index (χ0v) is 7.17. The second kappa shape index (κ2) is 5.09. The maximum atomic E-state index is 5.13. The van der Waals surface area contributed by atoms with E-state index in [-0.39, 0.29) is 0 Å². The Bertz CT molecular complexity index is 193. The number of nitrogens with zero attached hydrogens (tertiary/aromatic N) is 2. The molecule has 0 atom stereocenters. The van der Waals surface area contributed by atoms with Crippen LogP contribution in [-0.4, -0.2) is 22.7 Å². The van der Waals surface area contributed by atoms with Crippen LogP contribution < -0.4 is 0 Å². The molecular formula is C7H10N2OS. The number of hydrogen-bond acceptors (Lipinski definition) is 4. The molecule has 0 saturated carbocycles. The lowest BCUT2D eigenvalue weighted by Gasteiger charge is -1.97. The second-order valence-electron chi connectivity index (χ2n) is 1.82. The third-order valence-corrected chi connectivity index (χ3v) is 1.84. The van der Waals surface area contributed by atoms with E-state index in [4.69, 9.17) is 4.74 Å². The summed E-state index contributed by atoms with van der Waals surface area (Å²) in [6.07, 6.45) is 1.66. The van der Waals surface area contributed by atoms with Gasteiger partial charge in [0, 0.05) is 12.8 Å². The zero-order chi connectivity index (χ0) is 7.94. The Morgan fingerprint density at radius 2 is 2.55 bits per heavy atom. The van der Waals surface area contributed by atoms with Gasteiger partial charge in [-0.3, -0.25) is 0 Å². The van der Waals surface area contributed by atoms with Crippen LogP contribution >= 0.6 is 11.8 Å². The first-order valence-electron chi connectivity index (χ1n) is 3.41. The van der Waals surface area contributed by atoms with Crippen molar-refractivity contribution in [3.05, 3.63) is 18.3 Å². The molecule has 60 valence electrons. The van der Waals surface area contributed by atoms with Crippen molar-refractivity contribution < 1.29 is 4.74 Å². The largest absolute Gasteiger partial charge is 0.371 e. The molecule has 1 aromatic heterocycles. The predicted octanol–water partition coefficient (Wildman–Crippen LogP) is 1.56. The van der Waals surface area contributed by atoms with E-state index in [0.717, 1.165) is 11.6 Å². The summed E-state index contributed by atoms with van der Waals surface area (Å²) in [5.41, 5.74) is 0. The average Bonchev–Trinajstić information content (AvgIpc) is 2.07. The van der Waals surface area contributed by atoms with Gasteiger partial charge in [0.15, 0.2) is 0 Å². The van der Waals surface area contributed by atoms with Gasteiger partial charge in [-0.25, -0.2) is 0 Å². The Morgan fingerprint density at radius 3 is 3.18 bits per heavy atom. The summed E-state index contributed by atoms with van der Waals surface area (Å²) >= 11 is 1.55. The summed E-state index contributed by atoms with van der Waals surface area (Å²) in [5, 5.41) is 8.52. The molecule has 0 aliphatic heterocycles. The quantitative estimate of drug-likeness (QED) is 0.390. The van der Waals surface area contributed by atoms with E-state index >= 15 is 0 Å². The van der Waals surface area contributed by atoms with Gasteiger partial charge in [-0.1, -0.05) is 11.8 Å². The van der Waals surface area contributed by atoms with Crippen molar-refractivity contribution in [1.29, 1.82) is 0 Å². The molecule has 0 bridgehead atoms. The van der Waals surface area contributed by atoms with Gasteiger partial charge in [0.05, 0.1) is 5.94 Å². The van der Waals surface area contributed by atoms with Gasteiger partial charge in [-0.2, -0.15) is 5.10 Å². The minimum absolute atomic E-state index is 0.648. The van der Waals surface area contributed by atoms with E-state index in [1.165, 1.54) is 0 Å². The van der Waals surface area contributed by atoms with Gasteiger partial charge in [-0.05, 0) is 19.1 Å². The molecule has 0 amide bonds. The van der Waals surface area contributed by atoms with Crippen molar-refractivity contribution in [2.75, 3.05) is 12.5 Å². The number of thioether (sulfide) groups is 1. The molecule has 0 aliphatic carbocycles. The van der Waals surface area contributed by atoms with E-state index in [1.807, 2.05) is 19.1 Å². The molecule has 0 spiro atoms. The maximum Gasteiger partial charge on any atom is 0.121 e. The third kappa shape index (κ3) is 3.34. The van der Waals surface area contributed by atoms with Gasteiger partial charge in [0.1, 0.15) is 5.03 Å². The van der Waals surface area contributed by atoms with E-state index in [2.05, 4.69) is 10.2 Å². The topological polar surface area (TPSA) is 35.0 Å². The van der Waals surface area contributed by atoms with Gasteiger partial charge < -0.3 is 4.74 Å². The second-order valence-corrected chi connectivity index (χ2v) is 2.76. The molecule has 0 fully saturated rings. The summed E-state index contributed by atoms with van der Waals surface area (Å²) in [6.45, 7) is 2.71. The minimum atomic E-state index is 0.648. The van der Waals surface area contributed by atoms with Crippen LogP contribution in [0.2, 0.25) is 0 Å². The van der Waals surface area contributed by atoms with Crippen LogP contribution in [0.1, 0.15) is 6.92 Å². The highest BCUT2D eigenvalue weighted by atomic mass is 32.2. The number of rotatable bonds is 4. The predicted molar refractivity (Wildman–Crippen MR) is 44.4 cm³/mol. The van der Waals surface area contributed by atoms with Crippen molar-refractivity contribution >= 4 is 11.8 Å². The van der Waals surface area contributed by atoms with Crippen LogP contribution in [0.3, 0.4) is 0 Å². The SMILES string of the molecule is CCOCSc1cccnn1. The van der Waals surface area contributed by atoms with E-state index < -0.39 is 0 Å². The highest BCUT2D eigenvalue weighted by Crippen LogP contribution is 2.12. The first-order chi connectivity index (χ1) is 5.43. The zero-order valence-electron chi connectivity index (χ0n) is 6.36. The fourth-order valence-electron chi connectivity index (χ4n) is 0.550. The Kier molecular flexibility index (Phi) is 3.93. The average molecular weight is 170 g/mol. The Hall–Kier alpha value is -0.610. The standard InChI is InChI=1S/C7H10N2OS/c1-2-10-6-11-7-4-3-5-8-9-7/h3-5H,2,6H2,1H3. The highest BCUT2D eigenvalue weighted by molar-refractivity contribution is 7.99. The first kappa shape index (κ1) is 8.49. The van der Waals surface area contributed by atoms with E-state index in [0.29, 0.717) is 5.94 Å².